The second-order valence-corrected chi connectivity index (χ2v) is 10.6. The van der Waals surface area contributed by atoms with Crippen LogP contribution >= 0.6 is 0 Å². The van der Waals surface area contributed by atoms with Crippen LogP contribution in [0.4, 0.5) is 31.8 Å². The second-order valence-electron chi connectivity index (χ2n) is 10.6. The number of nitrogens with one attached hydrogen (secondary N) is 3. The molecular formula is C34H28F2N8O2. The number of aromatic nitrogens is 4. The summed E-state index contributed by atoms with van der Waals surface area (Å²) in [6.07, 6.45) is 3.49. The van der Waals surface area contributed by atoms with Gasteiger partial charge in [0.05, 0.1) is 23.6 Å². The van der Waals surface area contributed by atoms with E-state index in [1.54, 1.807) is 47.5 Å². The van der Waals surface area contributed by atoms with Crippen molar-refractivity contribution in [1.82, 2.24) is 24.3 Å². The van der Waals surface area contributed by atoms with Gasteiger partial charge in [0.2, 0.25) is 11.9 Å². The number of likely N-dealkylation sites (N-methyl/N-ethyl adjacent to an activating group) is 1. The van der Waals surface area contributed by atoms with Crippen LogP contribution in [0.2, 0.25) is 0 Å². The summed E-state index contributed by atoms with van der Waals surface area (Å²) in [4.78, 5) is 40.8. The average Bonchev–Trinajstić information content (AvgIpc) is 3.41. The first-order valence-corrected chi connectivity index (χ1v) is 14.2. The fourth-order valence-corrected chi connectivity index (χ4v) is 4.94. The summed E-state index contributed by atoms with van der Waals surface area (Å²) < 4.78 is 30.4. The molecule has 3 aromatic heterocycles. The molecule has 10 nitrogen and oxygen atoms in total. The molecule has 0 unspecified atom stereocenters. The molecule has 0 saturated heterocycles. The smallest absolute Gasteiger partial charge is 0.261 e. The molecule has 3 N–H and O–H groups in total. The van der Waals surface area contributed by atoms with E-state index in [-0.39, 0.29) is 12.5 Å². The maximum atomic E-state index is 14.2. The summed E-state index contributed by atoms with van der Waals surface area (Å²) in [6.45, 7) is 0.254. The van der Waals surface area contributed by atoms with Gasteiger partial charge in [0.25, 0.3) is 5.91 Å². The number of amides is 2. The lowest BCUT2D eigenvalue weighted by molar-refractivity contribution is -0.116. The summed E-state index contributed by atoms with van der Waals surface area (Å²) in [5, 5.41) is 8.66. The number of imidazole rings is 1. The minimum atomic E-state index is -0.953. The molecule has 0 radical (unpaired) electrons. The lowest BCUT2D eigenvalue weighted by Crippen LogP contribution is -2.27. The SMILES string of the molecule is CN(C)CC(=O)Nc1cccc(Nc2nccc(-c3c(-c4cccc(NC(=O)c5c(F)cccc5F)c4)nc4ccccn34)n2)c1. The molecule has 0 spiro atoms. The van der Waals surface area contributed by atoms with Crippen molar-refractivity contribution in [3.63, 3.8) is 0 Å². The number of carbonyl (C=O) groups is 2. The van der Waals surface area contributed by atoms with Crippen molar-refractivity contribution in [3.8, 4) is 22.6 Å². The van der Waals surface area contributed by atoms with Crippen LogP contribution in [-0.4, -0.2) is 56.7 Å². The number of hydrogen-bond acceptors (Lipinski definition) is 7. The number of pyridine rings is 1. The minimum absolute atomic E-state index is 0.136. The molecule has 46 heavy (non-hydrogen) atoms. The van der Waals surface area contributed by atoms with Crippen LogP contribution in [0.15, 0.2) is 103 Å². The number of anilines is 4. The highest BCUT2D eigenvalue weighted by Crippen LogP contribution is 2.33. The molecule has 0 bridgehead atoms. The van der Waals surface area contributed by atoms with Gasteiger partial charge >= 0.3 is 0 Å². The van der Waals surface area contributed by atoms with E-state index in [1.807, 2.05) is 61.1 Å². The number of benzene rings is 3. The molecular weight excluding hydrogens is 590 g/mol. The summed E-state index contributed by atoms with van der Waals surface area (Å²) in [5.74, 6) is -2.63. The van der Waals surface area contributed by atoms with Gasteiger partial charge in [-0.25, -0.2) is 23.7 Å². The highest BCUT2D eigenvalue weighted by atomic mass is 19.1. The summed E-state index contributed by atoms with van der Waals surface area (Å²) in [6, 6.07) is 24.7. The molecule has 3 heterocycles. The second kappa shape index (κ2) is 12.9. The third kappa shape index (κ3) is 6.56. The van der Waals surface area contributed by atoms with Gasteiger partial charge in [-0.2, -0.15) is 0 Å². The van der Waals surface area contributed by atoms with Crippen molar-refractivity contribution in [2.45, 2.75) is 0 Å². The van der Waals surface area contributed by atoms with E-state index >= 15 is 0 Å². The summed E-state index contributed by atoms with van der Waals surface area (Å²) in [7, 11) is 3.64. The molecule has 2 amide bonds. The van der Waals surface area contributed by atoms with Gasteiger partial charge in [0, 0.05) is 35.0 Å². The van der Waals surface area contributed by atoms with E-state index in [0.29, 0.717) is 51.3 Å². The number of carbonyl (C=O) groups excluding carboxylic acids is 2. The topological polar surface area (TPSA) is 117 Å². The predicted molar refractivity (Wildman–Crippen MR) is 173 cm³/mol. The quantitative estimate of drug-likeness (QED) is 0.176. The average molecular weight is 619 g/mol. The number of rotatable bonds is 9. The Kier molecular flexibility index (Phi) is 8.44. The predicted octanol–water partition coefficient (Wildman–Crippen LogP) is 6.23. The summed E-state index contributed by atoms with van der Waals surface area (Å²) in [5.41, 5.74) is 4.05. The zero-order chi connectivity index (χ0) is 32.2. The van der Waals surface area contributed by atoms with Crippen LogP contribution in [-0.2, 0) is 4.79 Å². The minimum Gasteiger partial charge on any atom is -0.325 e. The van der Waals surface area contributed by atoms with Crippen LogP contribution in [0.3, 0.4) is 0 Å². The Morgan fingerprint density at radius 1 is 0.804 bits per heavy atom. The highest BCUT2D eigenvalue weighted by Gasteiger charge is 2.20. The van der Waals surface area contributed by atoms with Crippen LogP contribution in [0.5, 0.6) is 0 Å². The zero-order valence-corrected chi connectivity index (χ0v) is 24.8. The molecule has 12 heteroatoms. The van der Waals surface area contributed by atoms with Crippen molar-refractivity contribution >= 4 is 40.5 Å². The third-order valence-electron chi connectivity index (χ3n) is 6.87. The van der Waals surface area contributed by atoms with E-state index in [9.17, 15) is 18.4 Å². The molecule has 0 saturated carbocycles. The lowest BCUT2D eigenvalue weighted by Gasteiger charge is -2.12. The Hall–Kier alpha value is -6.01. The van der Waals surface area contributed by atoms with Crippen molar-refractivity contribution < 1.29 is 18.4 Å². The molecule has 0 atom stereocenters. The molecule has 6 aromatic rings. The fraction of sp³-hybridized carbons (Fsp3) is 0.0882. The van der Waals surface area contributed by atoms with Gasteiger partial charge in [-0.15, -0.1) is 0 Å². The van der Waals surface area contributed by atoms with Crippen LogP contribution in [0.25, 0.3) is 28.3 Å². The number of halogens is 2. The standard InChI is InChI=1S/C34H28F2N8O2/c1-43(2)20-29(45)38-23-10-6-11-24(19-23)40-34-37-16-15-27(41-34)32-31(42-28-14-3-4-17-44(28)32)21-8-5-9-22(18-21)39-33(46)30-25(35)12-7-13-26(30)36/h3-19H,20H2,1-2H3,(H,38,45)(H,39,46)(H,37,40,41). The molecule has 0 aliphatic rings. The van der Waals surface area contributed by atoms with Gasteiger partial charge in [0.1, 0.15) is 22.8 Å². The number of hydrogen-bond donors (Lipinski definition) is 3. The van der Waals surface area contributed by atoms with Crippen LogP contribution < -0.4 is 16.0 Å². The van der Waals surface area contributed by atoms with Gasteiger partial charge in [0.15, 0.2) is 0 Å². The molecule has 0 fully saturated rings. The van der Waals surface area contributed by atoms with E-state index < -0.39 is 23.1 Å². The van der Waals surface area contributed by atoms with E-state index in [0.717, 1.165) is 12.1 Å². The van der Waals surface area contributed by atoms with Gasteiger partial charge in [-0.3, -0.25) is 14.0 Å². The first kappa shape index (κ1) is 30.0. The fourth-order valence-electron chi connectivity index (χ4n) is 4.94. The van der Waals surface area contributed by atoms with E-state index in [2.05, 4.69) is 20.9 Å². The van der Waals surface area contributed by atoms with Crippen molar-refractivity contribution in [1.29, 1.82) is 0 Å². The summed E-state index contributed by atoms with van der Waals surface area (Å²) >= 11 is 0. The van der Waals surface area contributed by atoms with E-state index in [4.69, 9.17) is 9.97 Å². The Labute approximate surface area is 262 Å². The van der Waals surface area contributed by atoms with Gasteiger partial charge in [-0.05, 0) is 74.8 Å². The number of nitrogens with zero attached hydrogens (tertiary/aromatic N) is 5. The normalized spacial score (nSPS) is 11.1. The number of fused-ring (bicyclic) bond motifs is 1. The molecule has 3 aromatic carbocycles. The Balaban J connectivity index is 1.32. The molecule has 230 valence electrons. The third-order valence-corrected chi connectivity index (χ3v) is 6.87. The van der Waals surface area contributed by atoms with Crippen molar-refractivity contribution in [3.05, 3.63) is 121 Å². The highest BCUT2D eigenvalue weighted by molar-refractivity contribution is 6.05. The maximum Gasteiger partial charge on any atom is 0.261 e. The first-order valence-electron chi connectivity index (χ1n) is 14.2. The molecule has 0 aliphatic heterocycles. The molecule has 6 rings (SSSR count). The van der Waals surface area contributed by atoms with Crippen molar-refractivity contribution in [2.24, 2.45) is 0 Å². The van der Waals surface area contributed by atoms with Crippen LogP contribution in [0, 0.1) is 11.6 Å². The van der Waals surface area contributed by atoms with Gasteiger partial charge in [-0.1, -0.05) is 30.3 Å². The lowest BCUT2D eigenvalue weighted by atomic mass is 10.1. The Morgan fingerprint density at radius 3 is 2.30 bits per heavy atom. The monoisotopic (exact) mass is 618 g/mol. The van der Waals surface area contributed by atoms with Gasteiger partial charge < -0.3 is 20.9 Å². The van der Waals surface area contributed by atoms with Crippen molar-refractivity contribution in [2.75, 3.05) is 36.6 Å². The van der Waals surface area contributed by atoms with Crippen LogP contribution in [0.1, 0.15) is 10.4 Å². The maximum absolute atomic E-state index is 14.2. The first-order chi connectivity index (χ1) is 22.2. The van der Waals surface area contributed by atoms with E-state index in [1.165, 1.54) is 6.07 Å². The largest absolute Gasteiger partial charge is 0.325 e. The molecule has 0 aliphatic carbocycles. The zero-order valence-electron chi connectivity index (χ0n) is 24.8. The Bertz CT molecular complexity index is 2060. The Morgan fingerprint density at radius 2 is 1.52 bits per heavy atom.